The van der Waals surface area contributed by atoms with E-state index in [0.29, 0.717) is 0 Å². The standard InChI is InChI=1S/C25H24N2/c1-25(2)21-11-7-5-9-19(21)24-23(25)20-10-6-8-12-22(20)27(24)18-15-13-17(14-16-18)26(3)4/h5-16H,1-4H3. The topological polar surface area (TPSA) is 8.17 Å². The summed E-state index contributed by atoms with van der Waals surface area (Å²) in [6, 6.07) is 26.5. The summed E-state index contributed by atoms with van der Waals surface area (Å²) in [7, 11) is 4.16. The molecule has 2 nitrogen and oxygen atoms in total. The lowest BCUT2D eigenvalue weighted by molar-refractivity contribution is 0.666. The molecular weight excluding hydrogens is 328 g/mol. The molecule has 0 saturated heterocycles. The monoisotopic (exact) mass is 352 g/mol. The van der Waals surface area contributed by atoms with Gasteiger partial charge in [0.2, 0.25) is 0 Å². The van der Waals surface area contributed by atoms with Crippen LogP contribution in [0.25, 0.3) is 27.8 Å². The van der Waals surface area contributed by atoms with Gasteiger partial charge in [-0.1, -0.05) is 56.3 Å². The molecular formula is C25H24N2. The number of anilines is 1. The van der Waals surface area contributed by atoms with Gasteiger partial charge in [-0.2, -0.15) is 0 Å². The molecule has 0 amide bonds. The SMILES string of the molecule is CN(C)c1ccc(-n2c3c(c4ccccc42)C(C)(C)c2ccccc2-3)cc1. The molecule has 0 N–H and O–H groups in total. The third-order valence-electron chi connectivity index (χ3n) is 5.98. The quantitative estimate of drug-likeness (QED) is 0.429. The molecule has 2 heteroatoms. The first-order valence-corrected chi connectivity index (χ1v) is 9.51. The van der Waals surface area contributed by atoms with E-state index in [-0.39, 0.29) is 5.41 Å². The van der Waals surface area contributed by atoms with Crippen LogP contribution in [-0.2, 0) is 5.41 Å². The first-order valence-electron chi connectivity index (χ1n) is 9.51. The Hall–Kier alpha value is -3.00. The zero-order valence-electron chi connectivity index (χ0n) is 16.3. The van der Waals surface area contributed by atoms with Crippen LogP contribution in [-0.4, -0.2) is 18.7 Å². The molecule has 3 aromatic carbocycles. The summed E-state index contributed by atoms with van der Waals surface area (Å²) in [4.78, 5) is 2.14. The van der Waals surface area contributed by atoms with Crippen molar-refractivity contribution in [2.75, 3.05) is 19.0 Å². The highest BCUT2D eigenvalue weighted by molar-refractivity contribution is 5.99. The molecule has 1 aliphatic carbocycles. The van der Waals surface area contributed by atoms with Gasteiger partial charge < -0.3 is 9.47 Å². The lowest BCUT2D eigenvalue weighted by Gasteiger charge is -2.21. The second-order valence-corrected chi connectivity index (χ2v) is 8.16. The Morgan fingerprint density at radius 1 is 0.778 bits per heavy atom. The summed E-state index contributed by atoms with van der Waals surface area (Å²) in [6.45, 7) is 4.70. The van der Waals surface area contributed by atoms with Crippen LogP contribution in [0.1, 0.15) is 25.0 Å². The number of rotatable bonds is 2. The van der Waals surface area contributed by atoms with Crippen molar-refractivity contribution in [2.24, 2.45) is 0 Å². The normalized spacial score (nSPS) is 14.2. The minimum atomic E-state index is 0.000354. The van der Waals surface area contributed by atoms with Crippen LogP contribution in [0.3, 0.4) is 0 Å². The highest BCUT2D eigenvalue weighted by Crippen LogP contribution is 2.53. The molecule has 5 rings (SSSR count). The molecule has 0 radical (unpaired) electrons. The molecule has 0 bridgehead atoms. The Bertz CT molecular complexity index is 1160. The van der Waals surface area contributed by atoms with Crippen molar-refractivity contribution >= 4 is 16.6 Å². The largest absolute Gasteiger partial charge is 0.378 e. The maximum Gasteiger partial charge on any atom is 0.0584 e. The van der Waals surface area contributed by atoms with Gasteiger partial charge in [0.15, 0.2) is 0 Å². The highest BCUT2D eigenvalue weighted by atomic mass is 15.1. The van der Waals surface area contributed by atoms with Crippen molar-refractivity contribution in [3.63, 3.8) is 0 Å². The molecule has 0 saturated carbocycles. The third kappa shape index (κ3) is 2.13. The molecule has 0 aliphatic heterocycles. The summed E-state index contributed by atoms with van der Waals surface area (Å²) in [5, 5.41) is 1.35. The van der Waals surface area contributed by atoms with Gasteiger partial charge in [0.1, 0.15) is 0 Å². The second kappa shape index (κ2) is 5.50. The summed E-state index contributed by atoms with van der Waals surface area (Å²) in [5.41, 5.74) is 9.26. The van der Waals surface area contributed by atoms with Gasteiger partial charge in [-0.25, -0.2) is 0 Å². The molecule has 1 aromatic heterocycles. The molecule has 0 unspecified atom stereocenters. The van der Waals surface area contributed by atoms with E-state index in [1.54, 1.807) is 0 Å². The van der Waals surface area contributed by atoms with Crippen molar-refractivity contribution in [3.05, 3.63) is 83.9 Å². The van der Waals surface area contributed by atoms with Crippen LogP contribution in [0.4, 0.5) is 5.69 Å². The van der Waals surface area contributed by atoms with E-state index in [1.165, 1.54) is 44.7 Å². The Kier molecular flexibility index (Phi) is 3.30. The van der Waals surface area contributed by atoms with Crippen molar-refractivity contribution in [2.45, 2.75) is 19.3 Å². The van der Waals surface area contributed by atoms with Crippen LogP contribution in [0.15, 0.2) is 72.8 Å². The number of fused-ring (bicyclic) bond motifs is 5. The molecule has 134 valence electrons. The van der Waals surface area contributed by atoms with E-state index >= 15 is 0 Å². The average molecular weight is 352 g/mol. The zero-order valence-corrected chi connectivity index (χ0v) is 16.3. The van der Waals surface area contributed by atoms with Gasteiger partial charge in [0.05, 0.1) is 11.2 Å². The molecule has 1 aliphatic rings. The van der Waals surface area contributed by atoms with E-state index in [2.05, 4.69) is 110 Å². The lowest BCUT2D eigenvalue weighted by Crippen LogP contribution is -2.14. The number of hydrogen-bond acceptors (Lipinski definition) is 1. The smallest absolute Gasteiger partial charge is 0.0584 e. The van der Waals surface area contributed by atoms with Gasteiger partial charge in [0, 0.05) is 41.8 Å². The van der Waals surface area contributed by atoms with Gasteiger partial charge >= 0.3 is 0 Å². The Morgan fingerprint density at radius 3 is 2.19 bits per heavy atom. The Labute approximate surface area is 160 Å². The fourth-order valence-electron chi connectivity index (χ4n) is 4.66. The van der Waals surface area contributed by atoms with Crippen molar-refractivity contribution in [3.8, 4) is 16.9 Å². The number of aromatic nitrogens is 1. The number of benzene rings is 3. The van der Waals surface area contributed by atoms with Crippen LogP contribution < -0.4 is 4.90 Å². The maximum atomic E-state index is 2.44. The van der Waals surface area contributed by atoms with E-state index in [1.807, 2.05) is 0 Å². The first kappa shape index (κ1) is 16.2. The maximum absolute atomic E-state index is 2.44. The van der Waals surface area contributed by atoms with E-state index in [0.717, 1.165) is 0 Å². The minimum Gasteiger partial charge on any atom is -0.378 e. The average Bonchev–Trinajstić information content (AvgIpc) is 3.14. The van der Waals surface area contributed by atoms with Gasteiger partial charge in [-0.3, -0.25) is 0 Å². The Balaban J connectivity index is 1.88. The summed E-state index contributed by atoms with van der Waals surface area (Å²) in [6.07, 6.45) is 0. The van der Waals surface area contributed by atoms with E-state index in [9.17, 15) is 0 Å². The molecule has 1 heterocycles. The number of nitrogens with zero attached hydrogens (tertiary/aromatic N) is 2. The number of para-hydroxylation sites is 1. The molecule has 27 heavy (non-hydrogen) atoms. The third-order valence-corrected chi connectivity index (χ3v) is 5.98. The second-order valence-electron chi connectivity index (χ2n) is 8.16. The fraction of sp³-hybridized carbons (Fsp3) is 0.200. The zero-order chi connectivity index (χ0) is 18.8. The van der Waals surface area contributed by atoms with Crippen LogP contribution >= 0.6 is 0 Å². The van der Waals surface area contributed by atoms with Crippen LogP contribution in [0, 0.1) is 0 Å². The van der Waals surface area contributed by atoms with Crippen molar-refractivity contribution in [1.82, 2.24) is 4.57 Å². The molecule has 4 aromatic rings. The summed E-state index contributed by atoms with van der Waals surface area (Å²) < 4.78 is 2.44. The predicted molar refractivity (Wildman–Crippen MR) is 115 cm³/mol. The Morgan fingerprint density at radius 2 is 1.44 bits per heavy atom. The minimum absolute atomic E-state index is 0.000354. The fourth-order valence-corrected chi connectivity index (χ4v) is 4.66. The molecule has 0 atom stereocenters. The van der Waals surface area contributed by atoms with E-state index in [4.69, 9.17) is 0 Å². The van der Waals surface area contributed by atoms with Gasteiger partial charge in [-0.15, -0.1) is 0 Å². The summed E-state index contributed by atoms with van der Waals surface area (Å²) in [5.74, 6) is 0. The lowest BCUT2D eigenvalue weighted by atomic mass is 9.81. The number of hydrogen-bond donors (Lipinski definition) is 0. The van der Waals surface area contributed by atoms with Crippen molar-refractivity contribution < 1.29 is 0 Å². The summed E-state index contributed by atoms with van der Waals surface area (Å²) >= 11 is 0. The molecule has 0 spiro atoms. The molecule has 0 fully saturated rings. The first-order chi connectivity index (χ1) is 13.0. The van der Waals surface area contributed by atoms with E-state index < -0.39 is 0 Å². The van der Waals surface area contributed by atoms with Crippen LogP contribution in [0.5, 0.6) is 0 Å². The van der Waals surface area contributed by atoms with Crippen LogP contribution in [0.2, 0.25) is 0 Å². The predicted octanol–water partition coefficient (Wildman–Crippen LogP) is 6.00. The van der Waals surface area contributed by atoms with Gasteiger partial charge in [0.25, 0.3) is 0 Å². The highest BCUT2D eigenvalue weighted by Gasteiger charge is 2.40. The van der Waals surface area contributed by atoms with Gasteiger partial charge in [-0.05, 0) is 41.5 Å². The van der Waals surface area contributed by atoms with Crippen molar-refractivity contribution in [1.29, 1.82) is 0 Å².